The lowest BCUT2D eigenvalue weighted by Gasteiger charge is -2.44. The number of hydrogen-bond donors (Lipinski definition) is 5. The molecule has 9 nitrogen and oxygen atoms in total. The van der Waals surface area contributed by atoms with E-state index in [4.69, 9.17) is 10.9 Å². The lowest BCUT2D eigenvalue weighted by Crippen LogP contribution is -2.47. The Kier molecular flexibility index (Phi) is 3.74. The number of carbonyl (C=O) groups is 1. The molecule has 2 spiro atoms. The van der Waals surface area contributed by atoms with Crippen molar-refractivity contribution in [1.29, 1.82) is 0 Å². The van der Waals surface area contributed by atoms with Gasteiger partial charge in [0, 0.05) is 24.0 Å². The van der Waals surface area contributed by atoms with Crippen molar-refractivity contribution in [2.75, 3.05) is 10.6 Å². The van der Waals surface area contributed by atoms with E-state index >= 15 is 0 Å². The first-order valence-corrected chi connectivity index (χ1v) is 12.3. The van der Waals surface area contributed by atoms with E-state index in [-0.39, 0.29) is 21.8 Å². The number of aromatic nitrogens is 1. The van der Waals surface area contributed by atoms with Crippen LogP contribution in [0.4, 0.5) is 17.2 Å². The molecule has 0 radical (unpaired) electrons. The van der Waals surface area contributed by atoms with Crippen molar-refractivity contribution in [3.63, 3.8) is 0 Å². The first-order chi connectivity index (χ1) is 15.0. The first kappa shape index (κ1) is 20.0. The van der Waals surface area contributed by atoms with E-state index in [0.717, 1.165) is 32.1 Å². The molecule has 5 atom stereocenters. The highest BCUT2D eigenvalue weighted by Gasteiger charge is 2.85. The molecule has 2 aromatic rings. The van der Waals surface area contributed by atoms with Gasteiger partial charge in [-0.05, 0) is 73.1 Å². The van der Waals surface area contributed by atoms with Crippen LogP contribution in [0.1, 0.15) is 42.5 Å². The normalized spacial score (nSPS) is 36.1. The van der Waals surface area contributed by atoms with Gasteiger partial charge in [0.2, 0.25) is 10.0 Å². The van der Waals surface area contributed by atoms with Crippen molar-refractivity contribution in [3.05, 3.63) is 42.1 Å². The number of pyridine rings is 1. The SMILES string of the molecule is NC(=O)c1cnc(Nc2ccc(S(N)(=O)=O)cc2)cc1N[C@H]1[C@H]2CC34C[C@](O)(C2)C[C@]13C4. The number of amides is 1. The average molecular weight is 456 g/mol. The third-order valence-electron chi connectivity index (χ3n) is 8.19. The van der Waals surface area contributed by atoms with Gasteiger partial charge >= 0.3 is 0 Å². The molecule has 168 valence electrons. The Morgan fingerprint density at radius 1 is 1.16 bits per heavy atom. The number of primary amides is 1. The fourth-order valence-corrected chi connectivity index (χ4v) is 7.77. The number of nitrogens with one attached hydrogen (secondary N) is 2. The van der Waals surface area contributed by atoms with E-state index < -0.39 is 21.5 Å². The van der Waals surface area contributed by atoms with Crippen molar-refractivity contribution in [2.24, 2.45) is 27.6 Å². The van der Waals surface area contributed by atoms with Gasteiger partial charge in [-0.3, -0.25) is 4.79 Å². The second kappa shape index (κ2) is 6.00. The number of primary sulfonamides is 1. The molecule has 5 aliphatic rings. The fourth-order valence-electron chi connectivity index (χ4n) is 7.26. The number of nitrogens with two attached hydrogens (primary N) is 2. The van der Waals surface area contributed by atoms with Gasteiger partial charge in [-0.2, -0.15) is 0 Å². The van der Waals surface area contributed by atoms with Gasteiger partial charge in [-0.25, -0.2) is 18.5 Å². The largest absolute Gasteiger partial charge is 0.390 e. The number of sulfonamides is 1. The standard InChI is InChI=1S/C22H25N5O4S/c23-19(28)15-8-25-17(26-13-1-3-14(4-2-13)32(24,30)31)5-16(15)27-18-12-6-20-9-21(29,7-12)11-22(18,20)10-20/h1-5,8,12,18,29H,6-7,9-11H2,(H2,23,28)(H2,24,30,31)(H2,25,26,27)/t12-,18-,20?,21+,22+/m0/s1. The van der Waals surface area contributed by atoms with Crippen LogP contribution in [0.25, 0.3) is 0 Å². The van der Waals surface area contributed by atoms with Gasteiger partial charge < -0.3 is 21.5 Å². The molecular weight excluding hydrogens is 430 g/mol. The summed E-state index contributed by atoms with van der Waals surface area (Å²) in [7, 11) is -3.77. The van der Waals surface area contributed by atoms with E-state index in [0.29, 0.717) is 28.7 Å². The Bertz CT molecular complexity index is 1260. The minimum Gasteiger partial charge on any atom is -0.390 e. The summed E-state index contributed by atoms with van der Waals surface area (Å²) in [6, 6.07) is 7.98. The second-order valence-corrected chi connectivity index (χ2v) is 11.7. The minimum absolute atomic E-state index is 0.0212. The maximum atomic E-state index is 12.1. The molecule has 1 heterocycles. The average Bonchev–Trinajstić information content (AvgIpc) is 3.15. The summed E-state index contributed by atoms with van der Waals surface area (Å²) < 4.78 is 22.9. The molecule has 0 saturated heterocycles. The molecule has 32 heavy (non-hydrogen) atoms. The number of nitrogens with zero attached hydrogens (tertiary/aromatic N) is 1. The molecule has 5 aliphatic carbocycles. The zero-order valence-electron chi connectivity index (χ0n) is 17.3. The lowest BCUT2D eigenvalue weighted by molar-refractivity contribution is -0.0428. The topological polar surface area (TPSA) is 160 Å². The van der Waals surface area contributed by atoms with Crippen molar-refractivity contribution < 1.29 is 18.3 Å². The van der Waals surface area contributed by atoms with Crippen LogP contribution < -0.4 is 21.5 Å². The predicted molar refractivity (Wildman–Crippen MR) is 118 cm³/mol. The van der Waals surface area contributed by atoms with Crippen LogP contribution in [-0.2, 0) is 10.0 Å². The Morgan fingerprint density at radius 3 is 2.56 bits per heavy atom. The summed E-state index contributed by atoms with van der Waals surface area (Å²) in [6.07, 6.45) is 6.24. The zero-order chi connectivity index (χ0) is 22.5. The first-order valence-electron chi connectivity index (χ1n) is 10.7. The maximum Gasteiger partial charge on any atom is 0.252 e. The van der Waals surface area contributed by atoms with Crippen LogP contribution in [0, 0.1) is 16.7 Å². The van der Waals surface area contributed by atoms with Gasteiger partial charge in [-0.1, -0.05) is 0 Å². The molecule has 7 rings (SSSR count). The molecule has 7 N–H and O–H groups in total. The number of rotatable bonds is 6. The summed E-state index contributed by atoms with van der Waals surface area (Å²) in [5, 5.41) is 22.7. The summed E-state index contributed by atoms with van der Waals surface area (Å²) in [6.45, 7) is 0. The van der Waals surface area contributed by atoms with Crippen LogP contribution in [-0.4, -0.2) is 36.1 Å². The third-order valence-corrected chi connectivity index (χ3v) is 9.12. The summed E-state index contributed by atoms with van der Waals surface area (Å²) in [5.74, 6) is 0.320. The molecular formula is C22H25N5O4S. The molecule has 5 saturated carbocycles. The van der Waals surface area contributed by atoms with Gasteiger partial charge in [0.05, 0.1) is 21.7 Å². The summed E-state index contributed by atoms with van der Waals surface area (Å²) >= 11 is 0. The number of carbonyl (C=O) groups excluding carboxylic acids is 1. The van der Waals surface area contributed by atoms with E-state index in [9.17, 15) is 18.3 Å². The van der Waals surface area contributed by atoms with Gasteiger partial charge in [0.1, 0.15) is 5.82 Å². The Hall–Kier alpha value is -2.69. The van der Waals surface area contributed by atoms with Gasteiger partial charge in [0.25, 0.3) is 5.91 Å². The number of anilines is 3. The number of benzene rings is 1. The molecule has 0 aliphatic heterocycles. The number of aliphatic hydroxyl groups is 1. The van der Waals surface area contributed by atoms with E-state index in [1.54, 1.807) is 18.2 Å². The van der Waals surface area contributed by atoms with Crippen molar-refractivity contribution in [2.45, 2.75) is 48.6 Å². The Morgan fingerprint density at radius 2 is 1.91 bits per heavy atom. The summed E-state index contributed by atoms with van der Waals surface area (Å²) in [4.78, 5) is 16.4. The highest BCUT2D eigenvalue weighted by molar-refractivity contribution is 7.89. The summed E-state index contributed by atoms with van der Waals surface area (Å²) in [5.41, 5.74) is 7.05. The molecule has 4 bridgehead atoms. The van der Waals surface area contributed by atoms with Crippen LogP contribution in [0.2, 0.25) is 0 Å². The van der Waals surface area contributed by atoms with Crippen LogP contribution in [0.3, 0.4) is 0 Å². The monoisotopic (exact) mass is 455 g/mol. The van der Waals surface area contributed by atoms with E-state index in [1.807, 2.05) is 0 Å². The lowest BCUT2D eigenvalue weighted by atomic mass is 9.68. The zero-order valence-corrected chi connectivity index (χ0v) is 18.2. The quantitative estimate of drug-likeness (QED) is 0.443. The maximum absolute atomic E-state index is 12.1. The van der Waals surface area contributed by atoms with Crippen molar-refractivity contribution >= 4 is 33.1 Å². The van der Waals surface area contributed by atoms with Crippen LogP contribution in [0.5, 0.6) is 0 Å². The van der Waals surface area contributed by atoms with Crippen molar-refractivity contribution in [3.8, 4) is 0 Å². The fraction of sp³-hybridized carbons (Fsp3) is 0.455. The molecule has 1 aromatic heterocycles. The van der Waals surface area contributed by atoms with E-state index in [2.05, 4.69) is 15.6 Å². The Balaban J connectivity index is 1.28. The van der Waals surface area contributed by atoms with E-state index in [1.165, 1.54) is 18.3 Å². The molecule has 1 aromatic carbocycles. The van der Waals surface area contributed by atoms with Crippen LogP contribution >= 0.6 is 0 Å². The molecule has 1 amide bonds. The van der Waals surface area contributed by atoms with Crippen molar-refractivity contribution in [1.82, 2.24) is 4.98 Å². The Labute approximate surface area is 185 Å². The minimum atomic E-state index is -3.77. The van der Waals surface area contributed by atoms with Gasteiger partial charge in [-0.15, -0.1) is 0 Å². The highest BCUT2D eigenvalue weighted by Crippen LogP contribution is 2.88. The predicted octanol–water partition coefficient (Wildman–Crippen LogP) is 1.68. The molecule has 1 unspecified atom stereocenters. The van der Waals surface area contributed by atoms with Crippen LogP contribution in [0.15, 0.2) is 41.4 Å². The molecule has 10 heteroatoms. The smallest absolute Gasteiger partial charge is 0.252 e. The third kappa shape index (κ3) is 2.72. The molecule has 5 fully saturated rings. The number of hydrogen-bond acceptors (Lipinski definition) is 7. The van der Waals surface area contributed by atoms with Gasteiger partial charge in [0.15, 0.2) is 0 Å². The second-order valence-electron chi connectivity index (χ2n) is 10.2. The highest BCUT2D eigenvalue weighted by atomic mass is 32.2.